The van der Waals surface area contributed by atoms with E-state index in [1.54, 1.807) is 0 Å². The van der Waals surface area contributed by atoms with Gasteiger partial charge in [-0.25, -0.2) is 4.79 Å². The van der Waals surface area contributed by atoms with Crippen molar-refractivity contribution >= 4 is 6.09 Å². The third-order valence-electron chi connectivity index (χ3n) is 4.59. The molecule has 0 aromatic carbocycles. The van der Waals surface area contributed by atoms with E-state index in [4.69, 9.17) is 10.5 Å². The van der Waals surface area contributed by atoms with Crippen LogP contribution in [0, 0.1) is 5.92 Å². The van der Waals surface area contributed by atoms with E-state index in [1.165, 1.54) is 25.9 Å². The zero-order chi connectivity index (χ0) is 15.5. The van der Waals surface area contributed by atoms with Gasteiger partial charge < -0.3 is 15.4 Å². The number of carbonyl (C=O) groups excluding carboxylic acids is 1. The van der Waals surface area contributed by atoms with Gasteiger partial charge in [-0.3, -0.25) is 4.90 Å². The molecule has 1 unspecified atom stereocenters. The Balaban J connectivity index is 1.83. The van der Waals surface area contributed by atoms with E-state index in [9.17, 15) is 4.79 Å². The predicted octanol–water partition coefficient (Wildman–Crippen LogP) is 2.06. The summed E-state index contributed by atoms with van der Waals surface area (Å²) in [5, 5.41) is 0. The summed E-state index contributed by atoms with van der Waals surface area (Å²) in [6, 6.07) is 0.494. The Kier molecular flexibility index (Phi) is 5.49. The van der Waals surface area contributed by atoms with Gasteiger partial charge in [0.15, 0.2) is 0 Å². The molecule has 2 rings (SSSR count). The normalized spacial score (nSPS) is 23.3. The van der Waals surface area contributed by atoms with Crippen LogP contribution in [-0.2, 0) is 4.74 Å². The highest BCUT2D eigenvalue weighted by Crippen LogP contribution is 2.27. The first-order valence-corrected chi connectivity index (χ1v) is 8.33. The first-order chi connectivity index (χ1) is 9.90. The summed E-state index contributed by atoms with van der Waals surface area (Å²) in [4.78, 5) is 16.5. The number of hydrogen-bond donors (Lipinski definition) is 1. The predicted molar refractivity (Wildman–Crippen MR) is 84.2 cm³/mol. The minimum Gasteiger partial charge on any atom is -0.444 e. The van der Waals surface area contributed by atoms with Crippen molar-refractivity contribution in [2.75, 3.05) is 32.7 Å². The van der Waals surface area contributed by atoms with Crippen LogP contribution < -0.4 is 5.73 Å². The average Bonchev–Trinajstić information content (AvgIpc) is 2.92. The summed E-state index contributed by atoms with van der Waals surface area (Å²) in [5.41, 5.74) is 5.60. The van der Waals surface area contributed by atoms with E-state index >= 15 is 0 Å². The Hall–Kier alpha value is -0.810. The number of piperidine rings is 1. The summed E-state index contributed by atoms with van der Waals surface area (Å²) in [6.07, 6.45) is 4.50. The Morgan fingerprint density at radius 2 is 1.76 bits per heavy atom. The third-order valence-corrected chi connectivity index (χ3v) is 4.59. The fourth-order valence-electron chi connectivity index (χ4n) is 3.51. The molecule has 0 aliphatic carbocycles. The quantitative estimate of drug-likeness (QED) is 0.866. The molecule has 1 amide bonds. The topological polar surface area (TPSA) is 58.8 Å². The number of likely N-dealkylation sites (tertiary alicyclic amines) is 2. The zero-order valence-electron chi connectivity index (χ0n) is 13.8. The summed E-state index contributed by atoms with van der Waals surface area (Å²) >= 11 is 0. The van der Waals surface area contributed by atoms with Gasteiger partial charge in [0.1, 0.15) is 5.60 Å². The van der Waals surface area contributed by atoms with Crippen LogP contribution in [0.15, 0.2) is 0 Å². The highest BCUT2D eigenvalue weighted by Gasteiger charge is 2.33. The van der Waals surface area contributed by atoms with Gasteiger partial charge in [0.2, 0.25) is 0 Å². The van der Waals surface area contributed by atoms with Crippen LogP contribution in [0.4, 0.5) is 4.79 Å². The standard InChI is InChI=1S/C16H31N3O2/c1-16(2,3)21-15(20)19-10-6-13(7-11-19)14(12-17)18-8-4-5-9-18/h13-14H,4-12,17H2,1-3H3. The van der Waals surface area contributed by atoms with Crippen molar-refractivity contribution in [3.05, 3.63) is 0 Å². The third kappa shape index (κ3) is 4.58. The van der Waals surface area contributed by atoms with Gasteiger partial charge in [-0.15, -0.1) is 0 Å². The molecule has 1 atom stereocenters. The Morgan fingerprint density at radius 1 is 1.19 bits per heavy atom. The van der Waals surface area contributed by atoms with Crippen molar-refractivity contribution < 1.29 is 9.53 Å². The molecule has 5 nitrogen and oxygen atoms in total. The average molecular weight is 297 g/mol. The Labute approximate surface area is 128 Å². The molecule has 2 heterocycles. The van der Waals surface area contributed by atoms with Crippen molar-refractivity contribution in [2.24, 2.45) is 11.7 Å². The van der Waals surface area contributed by atoms with Gasteiger partial charge in [-0.2, -0.15) is 0 Å². The molecule has 0 aromatic heterocycles. The number of ether oxygens (including phenoxy) is 1. The van der Waals surface area contributed by atoms with Crippen LogP contribution in [-0.4, -0.2) is 60.3 Å². The van der Waals surface area contributed by atoms with Crippen molar-refractivity contribution in [3.63, 3.8) is 0 Å². The van der Waals surface area contributed by atoms with E-state index < -0.39 is 5.60 Å². The molecule has 0 radical (unpaired) electrons. The van der Waals surface area contributed by atoms with E-state index in [0.29, 0.717) is 12.0 Å². The largest absolute Gasteiger partial charge is 0.444 e. The molecular formula is C16H31N3O2. The SMILES string of the molecule is CC(C)(C)OC(=O)N1CCC(C(CN)N2CCCC2)CC1. The molecule has 0 spiro atoms. The molecule has 122 valence electrons. The van der Waals surface area contributed by atoms with Crippen molar-refractivity contribution in [1.29, 1.82) is 0 Å². The second kappa shape index (κ2) is 6.97. The maximum Gasteiger partial charge on any atom is 0.410 e. The lowest BCUT2D eigenvalue weighted by Crippen LogP contribution is -2.49. The molecule has 2 saturated heterocycles. The molecule has 0 aromatic rings. The first kappa shape index (κ1) is 16.6. The van der Waals surface area contributed by atoms with Gasteiger partial charge in [0, 0.05) is 25.7 Å². The Morgan fingerprint density at radius 3 is 2.24 bits per heavy atom. The lowest BCUT2D eigenvalue weighted by Gasteiger charge is -2.39. The first-order valence-electron chi connectivity index (χ1n) is 8.33. The lowest BCUT2D eigenvalue weighted by molar-refractivity contribution is 0.0140. The van der Waals surface area contributed by atoms with Crippen LogP contribution >= 0.6 is 0 Å². The fourth-order valence-corrected chi connectivity index (χ4v) is 3.51. The molecule has 21 heavy (non-hydrogen) atoms. The molecule has 5 heteroatoms. The van der Waals surface area contributed by atoms with Gasteiger partial charge in [-0.05, 0) is 65.5 Å². The zero-order valence-corrected chi connectivity index (χ0v) is 13.8. The smallest absolute Gasteiger partial charge is 0.410 e. The Bertz CT molecular complexity index is 340. The molecular weight excluding hydrogens is 266 g/mol. The van der Waals surface area contributed by atoms with Gasteiger partial charge in [0.05, 0.1) is 0 Å². The van der Waals surface area contributed by atoms with Crippen LogP contribution in [0.25, 0.3) is 0 Å². The fraction of sp³-hybridized carbons (Fsp3) is 0.938. The summed E-state index contributed by atoms with van der Waals surface area (Å²) < 4.78 is 5.45. The second-order valence-electron chi connectivity index (χ2n) is 7.35. The number of nitrogens with two attached hydrogens (primary N) is 1. The van der Waals surface area contributed by atoms with E-state index in [2.05, 4.69) is 4.90 Å². The van der Waals surface area contributed by atoms with E-state index in [-0.39, 0.29) is 6.09 Å². The number of amides is 1. The second-order valence-corrected chi connectivity index (χ2v) is 7.35. The van der Waals surface area contributed by atoms with Crippen LogP contribution in [0.5, 0.6) is 0 Å². The van der Waals surface area contributed by atoms with Crippen molar-refractivity contribution in [1.82, 2.24) is 9.80 Å². The number of nitrogens with zero attached hydrogens (tertiary/aromatic N) is 2. The van der Waals surface area contributed by atoms with Gasteiger partial charge >= 0.3 is 6.09 Å². The highest BCUT2D eigenvalue weighted by atomic mass is 16.6. The maximum atomic E-state index is 12.1. The molecule has 0 bridgehead atoms. The molecule has 2 aliphatic rings. The lowest BCUT2D eigenvalue weighted by atomic mass is 9.88. The number of rotatable bonds is 3. The monoisotopic (exact) mass is 297 g/mol. The highest BCUT2D eigenvalue weighted by molar-refractivity contribution is 5.68. The molecule has 2 fully saturated rings. The minimum atomic E-state index is -0.413. The molecule has 2 N–H and O–H groups in total. The summed E-state index contributed by atoms with van der Waals surface area (Å²) in [5.74, 6) is 0.617. The van der Waals surface area contributed by atoms with Gasteiger partial charge in [0.25, 0.3) is 0 Å². The summed E-state index contributed by atoms with van der Waals surface area (Å²) in [7, 11) is 0. The molecule has 2 aliphatic heterocycles. The molecule has 0 saturated carbocycles. The van der Waals surface area contributed by atoms with Crippen LogP contribution in [0.2, 0.25) is 0 Å². The van der Waals surface area contributed by atoms with Crippen LogP contribution in [0.1, 0.15) is 46.5 Å². The van der Waals surface area contributed by atoms with E-state index in [0.717, 1.165) is 32.5 Å². The number of hydrogen-bond acceptors (Lipinski definition) is 4. The van der Waals surface area contributed by atoms with Crippen molar-refractivity contribution in [3.8, 4) is 0 Å². The van der Waals surface area contributed by atoms with E-state index in [1.807, 2.05) is 25.7 Å². The minimum absolute atomic E-state index is 0.175. The van der Waals surface area contributed by atoms with Crippen LogP contribution in [0.3, 0.4) is 0 Å². The number of carbonyl (C=O) groups is 1. The maximum absolute atomic E-state index is 12.1. The van der Waals surface area contributed by atoms with Crippen molar-refractivity contribution in [2.45, 2.75) is 58.1 Å². The summed E-state index contributed by atoms with van der Waals surface area (Å²) in [6.45, 7) is 10.4. The van der Waals surface area contributed by atoms with Gasteiger partial charge in [-0.1, -0.05) is 0 Å².